The van der Waals surface area contributed by atoms with Crippen molar-refractivity contribution >= 4 is 5.97 Å². The molecular formula is C14H14N2O3. The lowest BCUT2D eigenvalue weighted by Gasteiger charge is -2.13. The van der Waals surface area contributed by atoms with E-state index in [-0.39, 0.29) is 6.42 Å². The number of nitrogens with zero attached hydrogens (tertiary/aromatic N) is 2. The first kappa shape index (κ1) is 13.0. The molecule has 0 saturated carbocycles. The molecule has 1 aromatic heterocycles. The van der Waals surface area contributed by atoms with Gasteiger partial charge in [0.15, 0.2) is 0 Å². The quantitative estimate of drug-likeness (QED) is 0.886. The molecule has 1 N–H and O–H groups in total. The van der Waals surface area contributed by atoms with Crippen LogP contribution in [0, 0.1) is 0 Å². The molecule has 0 amide bonds. The van der Waals surface area contributed by atoms with Crippen molar-refractivity contribution in [2.75, 3.05) is 7.11 Å². The molecule has 0 saturated heterocycles. The molecule has 0 bridgehead atoms. The minimum Gasteiger partial charge on any atom is -0.481 e. The van der Waals surface area contributed by atoms with Crippen LogP contribution in [0.2, 0.25) is 0 Å². The van der Waals surface area contributed by atoms with Gasteiger partial charge in [0.25, 0.3) is 0 Å². The number of aromatic nitrogens is 2. The van der Waals surface area contributed by atoms with Crippen LogP contribution in [0.15, 0.2) is 42.7 Å². The normalized spacial score (nSPS) is 11.8. The molecule has 0 aliphatic heterocycles. The largest absolute Gasteiger partial charge is 0.481 e. The van der Waals surface area contributed by atoms with Gasteiger partial charge in [-0.05, 0) is 5.56 Å². The first-order chi connectivity index (χ1) is 9.22. The highest BCUT2D eigenvalue weighted by molar-refractivity contribution is 5.76. The summed E-state index contributed by atoms with van der Waals surface area (Å²) in [5, 5.41) is 9.36. The number of ether oxygens (including phenoxy) is 1. The second-order valence-corrected chi connectivity index (χ2v) is 4.02. The lowest BCUT2D eigenvalue weighted by molar-refractivity contribution is -0.138. The van der Waals surface area contributed by atoms with Crippen molar-refractivity contribution in [1.82, 2.24) is 9.97 Å². The minimum absolute atomic E-state index is 0.246. The number of benzene rings is 1. The molecule has 98 valence electrons. The number of carboxylic acids is 1. The summed E-state index contributed by atoms with van der Waals surface area (Å²) in [5.74, 6) is -1.18. The Kier molecular flexibility index (Phi) is 4.07. The summed E-state index contributed by atoms with van der Waals surface area (Å²) in [6.07, 6.45) is 3.29. The van der Waals surface area contributed by atoms with E-state index < -0.39 is 11.9 Å². The van der Waals surface area contributed by atoms with Gasteiger partial charge in [-0.3, -0.25) is 9.78 Å². The van der Waals surface area contributed by atoms with Gasteiger partial charge >= 0.3 is 5.97 Å². The van der Waals surface area contributed by atoms with Crippen molar-refractivity contribution in [2.45, 2.75) is 12.3 Å². The molecule has 0 aliphatic carbocycles. The predicted molar refractivity (Wildman–Crippen MR) is 69.1 cm³/mol. The van der Waals surface area contributed by atoms with Gasteiger partial charge in [-0.1, -0.05) is 30.3 Å². The number of rotatable bonds is 5. The topological polar surface area (TPSA) is 72.3 Å². The average molecular weight is 258 g/mol. The molecule has 5 heteroatoms. The van der Waals surface area contributed by atoms with Crippen LogP contribution in [-0.2, 0) is 11.2 Å². The summed E-state index contributed by atoms with van der Waals surface area (Å²) in [6.45, 7) is 0. The zero-order valence-electron chi connectivity index (χ0n) is 10.5. The molecule has 0 spiro atoms. The molecule has 1 aromatic carbocycles. The molecular weight excluding hydrogens is 244 g/mol. The highest BCUT2D eigenvalue weighted by atomic mass is 16.5. The highest BCUT2D eigenvalue weighted by Gasteiger charge is 2.22. The van der Waals surface area contributed by atoms with Crippen LogP contribution < -0.4 is 4.74 Å². The van der Waals surface area contributed by atoms with Crippen molar-refractivity contribution in [3.05, 3.63) is 54.0 Å². The standard InChI is InChI=1S/C14H14N2O3/c1-19-13-12(15-7-8-16-13)9-11(14(17)18)10-5-3-2-4-6-10/h2-8,11H,9H2,1H3,(H,17,18). The summed E-state index contributed by atoms with van der Waals surface area (Å²) in [4.78, 5) is 19.6. The second-order valence-electron chi connectivity index (χ2n) is 4.02. The van der Waals surface area contributed by atoms with Gasteiger partial charge in [0.2, 0.25) is 5.88 Å². The van der Waals surface area contributed by atoms with Crippen LogP contribution in [0.3, 0.4) is 0 Å². The van der Waals surface area contributed by atoms with E-state index in [2.05, 4.69) is 9.97 Å². The fraction of sp³-hybridized carbons (Fsp3) is 0.214. The summed E-state index contributed by atoms with van der Waals surface area (Å²) < 4.78 is 5.10. The van der Waals surface area contributed by atoms with E-state index >= 15 is 0 Å². The van der Waals surface area contributed by atoms with Crippen molar-refractivity contribution < 1.29 is 14.6 Å². The number of hydrogen-bond donors (Lipinski definition) is 1. The second kappa shape index (κ2) is 5.95. The highest BCUT2D eigenvalue weighted by Crippen LogP contribution is 2.23. The van der Waals surface area contributed by atoms with Crippen LogP contribution >= 0.6 is 0 Å². The van der Waals surface area contributed by atoms with Crippen LogP contribution in [0.1, 0.15) is 17.2 Å². The Bertz CT molecular complexity index is 558. The third kappa shape index (κ3) is 3.07. The van der Waals surface area contributed by atoms with E-state index in [1.54, 1.807) is 12.1 Å². The van der Waals surface area contributed by atoms with Crippen LogP contribution in [-0.4, -0.2) is 28.2 Å². The summed E-state index contributed by atoms with van der Waals surface area (Å²) >= 11 is 0. The maximum atomic E-state index is 11.4. The maximum Gasteiger partial charge on any atom is 0.311 e. The van der Waals surface area contributed by atoms with Crippen molar-refractivity contribution in [2.24, 2.45) is 0 Å². The average Bonchev–Trinajstić information content (AvgIpc) is 2.45. The first-order valence-electron chi connectivity index (χ1n) is 5.84. The third-order valence-corrected chi connectivity index (χ3v) is 2.83. The van der Waals surface area contributed by atoms with E-state index in [0.717, 1.165) is 5.56 Å². The van der Waals surface area contributed by atoms with Gasteiger partial charge in [-0.25, -0.2) is 4.98 Å². The smallest absolute Gasteiger partial charge is 0.311 e. The third-order valence-electron chi connectivity index (χ3n) is 2.83. The molecule has 2 rings (SSSR count). The summed E-state index contributed by atoms with van der Waals surface area (Å²) in [6, 6.07) is 9.08. The van der Waals surface area contributed by atoms with E-state index in [1.807, 2.05) is 18.2 Å². The van der Waals surface area contributed by atoms with Gasteiger partial charge in [-0.15, -0.1) is 0 Å². The van der Waals surface area contributed by atoms with Crippen molar-refractivity contribution in [1.29, 1.82) is 0 Å². The Morgan fingerprint density at radius 1 is 1.26 bits per heavy atom. The predicted octanol–water partition coefficient (Wildman–Crippen LogP) is 1.90. The summed E-state index contributed by atoms with van der Waals surface area (Å²) in [7, 11) is 1.49. The molecule has 0 aliphatic rings. The zero-order chi connectivity index (χ0) is 13.7. The monoisotopic (exact) mass is 258 g/mol. The van der Waals surface area contributed by atoms with Crippen molar-refractivity contribution in [3.63, 3.8) is 0 Å². The van der Waals surface area contributed by atoms with Gasteiger partial charge in [0.05, 0.1) is 13.0 Å². The molecule has 19 heavy (non-hydrogen) atoms. The fourth-order valence-electron chi connectivity index (χ4n) is 1.89. The Balaban J connectivity index is 2.30. The van der Waals surface area contributed by atoms with E-state index in [0.29, 0.717) is 11.6 Å². The summed E-state index contributed by atoms with van der Waals surface area (Å²) in [5.41, 5.74) is 1.28. The van der Waals surface area contributed by atoms with E-state index in [9.17, 15) is 9.90 Å². The Morgan fingerprint density at radius 3 is 2.58 bits per heavy atom. The van der Waals surface area contributed by atoms with Gasteiger partial charge in [0.1, 0.15) is 5.69 Å². The molecule has 1 heterocycles. The van der Waals surface area contributed by atoms with Crippen molar-refractivity contribution in [3.8, 4) is 5.88 Å². The number of hydrogen-bond acceptors (Lipinski definition) is 4. The number of aliphatic carboxylic acids is 1. The Morgan fingerprint density at radius 2 is 1.95 bits per heavy atom. The molecule has 0 radical (unpaired) electrons. The molecule has 1 unspecified atom stereocenters. The van der Waals surface area contributed by atoms with Crippen LogP contribution in [0.25, 0.3) is 0 Å². The number of carboxylic acid groups (broad SMARTS) is 1. The maximum absolute atomic E-state index is 11.4. The Hall–Kier alpha value is -2.43. The number of carbonyl (C=O) groups is 1. The van der Waals surface area contributed by atoms with E-state index in [4.69, 9.17) is 4.74 Å². The van der Waals surface area contributed by atoms with Gasteiger partial charge in [-0.2, -0.15) is 0 Å². The molecule has 5 nitrogen and oxygen atoms in total. The van der Waals surface area contributed by atoms with Crippen LogP contribution in [0.5, 0.6) is 5.88 Å². The lowest BCUT2D eigenvalue weighted by atomic mass is 9.94. The molecule has 1 atom stereocenters. The number of methoxy groups -OCH3 is 1. The fourth-order valence-corrected chi connectivity index (χ4v) is 1.89. The van der Waals surface area contributed by atoms with Crippen LogP contribution in [0.4, 0.5) is 0 Å². The van der Waals surface area contributed by atoms with E-state index in [1.165, 1.54) is 19.5 Å². The molecule has 0 fully saturated rings. The zero-order valence-corrected chi connectivity index (χ0v) is 10.5. The van der Waals surface area contributed by atoms with Gasteiger partial charge in [0, 0.05) is 18.8 Å². The molecule has 2 aromatic rings. The first-order valence-corrected chi connectivity index (χ1v) is 5.84. The minimum atomic E-state index is -0.890. The SMILES string of the molecule is COc1nccnc1CC(C(=O)O)c1ccccc1. The van der Waals surface area contributed by atoms with Gasteiger partial charge < -0.3 is 9.84 Å². The lowest BCUT2D eigenvalue weighted by Crippen LogP contribution is -2.15. The Labute approximate surface area is 110 Å².